The molecule has 0 radical (unpaired) electrons. The fourth-order valence-electron chi connectivity index (χ4n) is 4.09. The van der Waals surface area contributed by atoms with E-state index in [2.05, 4.69) is 10.6 Å². The molecule has 0 aliphatic carbocycles. The fraction of sp³-hybridized carbons (Fsp3) is 0.200. The van der Waals surface area contributed by atoms with Gasteiger partial charge in [0.05, 0.1) is 11.5 Å². The zero-order chi connectivity index (χ0) is 29.6. The molecule has 12 heteroatoms. The Morgan fingerprint density at radius 3 is 2.43 bits per heavy atom. The molecular weight excluding hydrogens is 562 g/mol. The van der Waals surface area contributed by atoms with Crippen LogP contribution in [0.15, 0.2) is 65.6 Å². The molecule has 1 fully saturated rings. The molecule has 4 amide bonds. The number of carbonyl (C=O) groups is 4. The van der Waals surface area contributed by atoms with Crippen LogP contribution in [0, 0.1) is 6.92 Å². The highest BCUT2D eigenvalue weighted by Gasteiger charge is 2.36. The van der Waals surface area contributed by atoms with Crippen molar-refractivity contribution < 1.29 is 38.1 Å². The lowest BCUT2D eigenvalue weighted by molar-refractivity contribution is -0.127. The summed E-state index contributed by atoms with van der Waals surface area (Å²) in [5, 5.41) is 4.87. The maximum atomic E-state index is 13.0. The van der Waals surface area contributed by atoms with Crippen molar-refractivity contribution in [2.24, 2.45) is 0 Å². The van der Waals surface area contributed by atoms with Gasteiger partial charge in [0.1, 0.15) is 6.54 Å². The number of hydrogen-bond donors (Lipinski definition) is 2. The third kappa shape index (κ3) is 6.84. The molecule has 5 rings (SSSR count). The third-order valence-corrected chi connectivity index (χ3v) is 7.00. The highest BCUT2D eigenvalue weighted by Crippen LogP contribution is 2.36. The Kier molecular flexibility index (Phi) is 8.63. The van der Waals surface area contributed by atoms with Crippen molar-refractivity contribution in [1.82, 2.24) is 4.90 Å². The maximum Gasteiger partial charge on any atom is 0.294 e. The lowest BCUT2D eigenvalue weighted by Crippen LogP contribution is -2.36. The number of anilines is 2. The van der Waals surface area contributed by atoms with Gasteiger partial charge >= 0.3 is 0 Å². The number of nitrogens with zero attached hydrogens (tertiary/aromatic N) is 1. The third-order valence-electron chi connectivity index (χ3n) is 6.09. The minimum absolute atomic E-state index is 0.101. The predicted molar refractivity (Wildman–Crippen MR) is 157 cm³/mol. The number of rotatable bonds is 10. The Labute approximate surface area is 245 Å². The van der Waals surface area contributed by atoms with Gasteiger partial charge in [0.15, 0.2) is 29.6 Å². The Balaban J connectivity index is 1.21. The normalized spacial score (nSPS) is 14.7. The summed E-state index contributed by atoms with van der Waals surface area (Å²) in [5.41, 5.74) is 2.77. The first-order valence-electron chi connectivity index (χ1n) is 13.0. The number of aryl methyl sites for hydroxylation is 1. The first-order valence-corrected chi connectivity index (χ1v) is 13.8. The molecule has 11 nitrogen and oxygen atoms in total. The molecule has 0 atom stereocenters. The zero-order valence-corrected chi connectivity index (χ0v) is 23.6. The topological polar surface area (TPSA) is 133 Å². The fourth-order valence-corrected chi connectivity index (χ4v) is 4.92. The van der Waals surface area contributed by atoms with Crippen LogP contribution >= 0.6 is 11.8 Å². The Morgan fingerprint density at radius 2 is 1.64 bits per heavy atom. The van der Waals surface area contributed by atoms with E-state index in [0.717, 1.165) is 22.2 Å². The lowest BCUT2D eigenvalue weighted by atomic mass is 10.2. The Bertz CT molecular complexity index is 1570. The number of ether oxygens (including phenoxy) is 4. The van der Waals surface area contributed by atoms with Gasteiger partial charge < -0.3 is 29.6 Å². The molecule has 216 valence electrons. The molecule has 0 saturated carbocycles. The molecule has 2 aliphatic heterocycles. The van der Waals surface area contributed by atoms with Crippen LogP contribution in [0.25, 0.3) is 6.08 Å². The minimum Gasteiger partial charge on any atom is -0.490 e. The van der Waals surface area contributed by atoms with E-state index in [1.54, 1.807) is 55.5 Å². The van der Waals surface area contributed by atoms with Crippen LogP contribution < -0.4 is 29.6 Å². The number of amides is 4. The van der Waals surface area contributed by atoms with E-state index in [9.17, 15) is 19.2 Å². The average molecular weight is 590 g/mol. The largest absolute Gasteiger partial charge is 0.490 e. The summed E-state index contributed by atoms with van der Waals surface area (Å²) < 4.78 is 21.9. The first kappa shape index (κ1) is 28.6. The summed E-state index contributed by atoms with van der Waals surface area (Å²) in [6.07, 6.45) is 1.54. The number of imide groups is 1. The van der Waals surface area contributed by atoms with Crippen molar-refractivity contribution in [1.29, 1.82) is 0 Å². The number of fused-ring (bicyclic) bond motifs is 1. The van der Waals surface area contributed by atoms with Crippen LogP contribution in [0.3, 0.4) is 0 Å². The van der Waals surface area contributed by atoms with Gasteiger partial charge in [-0.05, 0) is 73.6 Å². The second-order valence-electron chi connectivity index (χ2n) is 9.23. The molecule has 1 saturated heterocycles. The van der Waals surface area contributed by atoms with Crippen molar-refractivity contribution in [2.75, 3.05) is 37.2 Å². The van der Waals surface area contributed by atoms with Crippen molar-refractivity contribution in [3.8, 4) is 23.0 Å². The average Bonchev–Trinajstić information content (AvgIpc) is 3.53. The maximum absolute atomic E-state index is 13.0. The summed E-state index contributed by atoms with van der Waals surface area (Å²) in [6.45, 7) is 3.52. The van der Waals surface area contributed by atoms with Crippen LogP contribution in [-0.4, -0.2) is 54.4 Å². The Hall–Kier alpha value is -4.97. The molecule has 42 heavy (non-hydrogen) atoms. The predicted octanol–water partition coefficient (Wildman–Crippen LogP) is 4.81. The molecule has 2 heterocycles. The quantitative estimate of drug-likeness (QED) is 0.320. The van der Waals surface area contributed by atoms with Crippen molar-refractivity contribution in [2.45, 2.75) is 13.8 Å². The van der Waals surface area contributed by atoms with Gasteiger partial charge in [0.25, 0.3) is 17.1 Å². The van der Waals surface area contributed by atoms with E-state index < -0.39 is 23.6 Å². The number of carbonyl (C=O) groups excluding carboxylic acids is 4. The summed E-state index contributed by atoms with van der Waals surface area (Å²) in [5.74, 6) is 0.329. The second-order valence-corrected chi connectivity index (χ2v) is 10.2. The molecule has 0 spiro atoms. The summed E-state index contributed by atoms with van der Waals surface area (Å²) in [6, 6.07) is 17.3. The summed E-state index contributed by atoms with van der Waals surface area (Å²) in [4.78, 5) is 51.5. The minimum atomic E-state index is -0.586. The summed E-state index contributed by atoms with van der Waals surface area (Å²) in [7, 11) is 0. The van der Waals surface area contributed by atoms with Crippen LogP contribution in [0.5, 0.6) is 23.0 Å². The van der Waals surface area contributed by atoms with Crippen LogP contribution in [-0.2, 0) is 14.4 Å². The Morgan fingerprint density at radius 1 is 0.905 bits per heavy atom. The number of benzene rings is 3. The van der Waals surface area contributed by atoms with Gasteiger partial charge in [-0.3, -0.25) is 24.1 Å². The number of nitrogens with one attached hydrogen (secondary N) is 2. The number of hydrogen-bond acceptors (Lipinski definition) is 9. The van der Waals surface area contributed by atoms with Crippen LogP contribution in [0.1, 0.15) is 18.1 Å². The van der Waals surface area contributed by atoms with Gasteiger partial charge in [-0.1, -0.05) is 23.8 Å². The van der Waals surface area contributed by atoms with E-state index in [1.807, 2.05) is 19.1 Å². The van der Waals surface area contributed by atoms with Gasteiger partial charge in [0.2, 0.25) is 12.7 Å². The molecule has 3 aromatic carbocycles. The summed E-state index contributed by atoms with van der Waals surface area (Å²) >= 11 is 0.738. The second kappa shape index (κ2) is 12.7. The smallest absolute Gasteiger partial charge is 0.294 e. The molecule has 3 aromatic rings. The van der Waals surface area contributed by atoms with E-state index in [1.165, 1.54) is 6.08 Å². The standard InChI is InChI=1S/C30H27N3O8S/c1-3-38-24-12-19(6-10-22(24)39-16-28(35)31-20-7-4-18(2)5-8-20)13-26-29(36)33(30(37)42-26)15-27(34)32-21-9-11-23-25(14-21)41-17-40-23/h4-14H,3,15-17H2,1-2H3,(H,31,35)(H,32,34)/b26-13-. The molecule has 2 aliphatic rings. The zero-order valence-electron chi connectivity index (χ0n) is 22.8. The SMILES string of the molecule is CCOc1cc(/C=C2\SC(=O)N(CC(=O)Nc3ccc4c(c3)OCO4)C2=O)ccc1OCC(=O)Nc1ccc(C)cc1. The van der Waals surface area contributed by atoms with Gasteiger partial charge in [0, 0.05) is 17.4 Å². The van der Waals surface area contributed by atoms with Gasteiger partial charge in [-0.2, -0.15) is 0 Å². The number of thioether (sulfide) groups is 1. The van der Waals surface area contributed by atoms with Crippen LogP contribution in [0.4, 0.5) is 16.2 Å². The van der Waals surface area contributed by atoms with E-state index in [0.29, 0.717) is 46.5 Å². The molecule has 0 bridgehead atoms. The van der Waals surface area contributed by atoms with Gasteiger partial charge in [-0.15, -0.1) is 0 Å². The highest BCUT2D eigenvalue weighted by atomic mass is 32.2. The molecular formula is C30H27N3O8S. The van der Waals surface area contributed by atoms with Crippen molar-refractivity contribution in [3.05, 3.63) is 76.7 Å². The monoisotopic (exact) mass is 589 g/mol. The van der Waals surface area contributed by atoms with Crippen molar-refractivity contribution >= 4 is 52.2 Å². The van der Waals surface area contributed by atoms with Crippen LogP contribution in [0.2, 0.25) is 0 Å². The van der Waals surface area contributed by atoms with E-state index in [4.69, 9.17) is 18.9 Å². The molecule has 0 aromatic heterocycles. The van der Waals surface area contributed by atoms with E-state index in [-0.39, 0.29) is 24.2 Å². The van der Waals surface area contributed by atoms with E-state index >= 15 is 0 Å². The first-order chi connectivity index (χ1) is 20.3. The highest BCUT2D eigenvalue weighted by molar-refractivity contribution is 8.18. The van der Waals surface area contributed by atoms with Gasteiger partial charge in [-0.25, -0.2) is 0 Å². The lowest BCUT2D eigenvalue weighted by Gasteiger charge is -2.13. The molecule has 0 unspecified atom stereocenters. The molecule has 2 N–H and O–H groups in total. The van der Waals surface area contributed by atoms with Crippen molar-refractivity contribution in [3.63, 3.8) is 0 Å².